The van der Waals surface area contributed by atoms with Crippen molar-refractivity contribution >= 4 is 11.2 Å². The molecule has 66 valence electrons. The molecule has 0 atom stereocenters. The van der Waals surface area contributed by atoms with Crippen LogP contribution in [0.1, 0.15) is 6.04 Å². The molecule has 0 bridgehead atoms. The average Bonchev–Trinajstić information content (AvgIpc) is 2.47. The molecule has 1 fully saturated rings. The van der Waals surface area contributed by atoms with E-state index in [4.69, 9.17) is 4.74 Å². The maximum Gasteiger partial charge on any atom is 0.177 e. The molecule has 0 radical (unpaired) electrons. The van der Waals surface area contributed by atoms with Crippen LogP contribution in [0.2, 0.25) is 0 Å². The molecule has 0 aliphatic carbocycles. The fourth-order valence-corrected chi connectivity index (χ4v) is 1.41. The molecule has 13 heavy (non-hydrogen) atoms. The molecule has 1 aliphatic rings. The van der Waals surface area contributed by atoms with Gasteiger partial charge in [0.25, 0.3) is 0 Å². The van der Waals surface area contributed by atoms with Crippen molar-refractivity contribution in [2.24, 2.45) is 0 Å². The van der Waals surface area contributed by atoms with Crippen molar-refractivity contribution < 1.29 is 4.74 Å². The van der Waals surface area contributed by atoms with Crippen LogP contribution in [0.3, 0.4) is 0 Å². The summed E-state index contributed by atoms with van der Waals surface area (Å²) in [6.45, 7) is 1.46. The van der Waals surface area contributed by atoms with Crippen LogP contribution >= 0.6 is 0 Å². The number of nitrogens with zero attached hydrogens (tertiary/aromatic N) is 4. The second-order valence-electron chi connectivity index (χ2n) is 3.05. The molecular weight excluding hydrogens is 168 g/mol. The summed E-state index contributed by atoms with van der Waals surface area (Å²) >= 11 is 0. The Hall–Kier alpha value is -1.49. The Kier molecular flexibility index (Phi) is 1.34. The minimum atomic E-state index is 0.342. The molecule has 0 saturated carbocycles. The zero-order valence-corrected chi connectivity index (χ0v) is 6.92. The first-order valence-corrected chi connectivity index (χ1v) is 4.17. The second-order valence-corrected chi connectivity index (χ2v) is 3.05. The summed E-state index contributed by atoms with van der Waals surface area (Å²) in [6, 6.07) is 0.342. The van der Waals surface area contributed by atoms with Crippen molar-refractivity contribution in [1.82, 2.24) is 19.7 Å². The van der Waals surface area contributed by atoms with Gasteiger partial charge in [0, 0.05) is 12.4 Å². The van der Waals surface area contributed by atoms with Crippen LogP contribution in [-0.2, 0) is 4.74 Å². The first-order valence-electron chi connectivity index (χ1n) is 4.17. The average molecular weight is 176 g/mol. The van der Waals surface area contributed by atoms with E-state index in [0.29, 0.717) is 6.04 Å². The van der Waals surface area contributed by atoms with E-state index in [9.17, 15) is 0 Å². The van der Waals surface area contributed by atoms with Crippen molar-refractivity contribution in [1.29, 1.82) is 0 Å². The van der Waals surface area contributed by atoms with Gasteiger partial charge in [0.05, 0.1) is 19.4 Å². The van der Waals surface area contributed by atoms with Crippen LogP contribution in [0.5, 0.6) is 0 Å². The van der Waals surface area contributed by atoms with Crippen LogP contribution in [0, 0.1) is 0 Å². The summed E-state index contributed by atoms with van der Waals surface area (Å²) in [4.78, 5) is 8.38. The lowest BCUT2D eigenvalue weighted by Crippen LogP contribution is -2.31. The highest BCUT2D eigenvalue weighted by Crippen LogP contribution is 2.19. The highest BCUT2D eigenvalue weighted by Gasteiger charge is 2.23. The molecule has 2 aromatic rings. The van der Waals surface area contributed by atoms with Gasteiger partial charge in [-0.15, -0.1) is 0 Å². The molecular formula is C8H8N4O. The molecule has 0 aromatic carbocycles. The van der Waals surface area contributed by atoms with E-state index in [1.54, 1.807) is 18.6 Å². The van der Waals surface area contributed by atoms with Crippen molar-refractivity contribution in [2.45, 2.75) is 6.04 Å². The van der Waals surface area contributed by atoms with Gasteiger partial charge in [-0.25, -0.2) is 14.6 Å². The molecule has 5 heteroatoms. The van der Waals surface area contributed by atoms with Crippen LogP contribution in [0.25, 0.3) is 11.2 Å². The maximum atomic E-state index is 5.10. The lowest BCUT2D eigenvalue weighted by atomic mass is 10.3. The SMILES string of the molecule is c1cnc2c(cnn2C2COC2)n1. The molecule has 0 N–H and O–H groups in total. The van der Waals surface area contributed by atoms with Gasteiger partial charge in [-0.3, -0.25) is 0 Å². The molecule has 3 rings (SSSR count). The number of aromatic nitrogens is 4. The summed E-state index contributed by atoms with van der Waals surface area (Å²) in [7, 11) is 0. The Morgan fingerprint density at radius 3 is 2.92 bits per heavy atom. The van der Waals surface area contributed by atoms with Gasteiger partial charge in [-0.2, -0.15) is 5.10 Å². The normalized spacial score (nSPS) is 17.5. The Bertz CT molecular complexity index is 434. The summed E-state index contributed by atoms with van der Waals surface area (Å²) in [5.41, 5.74) is 1.69. The van der Waals surface area contributed by atoms with Gasteiger partial charge in [-0.1, -0.05) is 0 Å². The van der Waals surface area contributed by atoms with Crippen LogP contribution < -0.4 is 0 Å². The first-order chi connectivity index (χ1) is 6.45. The third-order valence-corrected chi connectivity index (χ3v) is 2.19. The highest BCUT2D eigenvalue weighted by molar-refractivity contribution is 5.68. The third kappa shape index (κ3) is 0.936. The molecule has 1 aliphatic heterocycles. The van der Waals surface area contributed by atoms with Crippen molar-refractivity contribution in [3.8, 4) is 0 Å². The largest absolute Gasteiger partial charge is 0.377 e. The highest BCUT2D eigenvalue weighted by atomic mass is 16.5. The predicted molar refractivity (Wildman–Crippen MR) is 45.2 cm³/mol. The maximum absolute atomic E-state index is 5.10. The van der Waals surface area contributed by atoms with Crippen molar-refractivity contribution in [3.05, 3.63) is 18.6 Å². The molecule has 0 unspecified atom stereocenters. The summed E-state index contributed by atoms with van der Waals surface area (Å²) < 4.78 is 6.98. The quantitative estimate of drug-likeness (QED) is 0.631. The zero-order valence-electron chi connectivity index (χ0n) is 6.92. The third-order valence-electron chi connectivity index (χ3n) is 2.19. The molecule has 3 heterocycles. The van der Waals surface area contributed by atoms with Gasteiger partial charge in [0.2, 0.25) is 0 Å². The first kappa shape index (κ1) is 6.97. The van der Waals surface area contributed by atoms with Gasteiger partial charge in [-0.05, 0) is 0 Å². The van der Waals surface area contributed by atoms with Crippen molar-refractivity contribution in [2.75, 3.05) is 13.2 Å². The van der Waals surface area contributed by atoms with E-state index in [1.807, 2.05) is 4.68 Å². The van der Waals surface area contributed by atoms with Crippen molar-refractivity contribution in [3.63, 3.8) is 0 Å². The second kappa shape index (κ2) is 2.50. The number of hydrogen-bond donors (Lipinski definition) is 0. The van der Waals surface area contributed by atoms with Crippen LogP contribution in [0.15, 0.2) is 18.6 Å². The summed E-state index contributed by atoms with van der Waals surface area (Å²) in [5.74, 6) is 0. The zero-order chi connectivity index (χ0) is 8.67. The van der Waals surface area contributed by atoms with Gasteiger partial charge >= 0.3 is 0 Å². The monoisotopic (exact) mass is 176 g/mol. The minimum Gasteiger partial charge on any atom is -0.377 e. The smallest absolute Gasteiger partial charge is 0.177 e. The lowest BCUT2D eigenvalue weighted by Gasteiger charge is -2.26. The molecule has 0 amide bonds. The van der Waals surface area contributed by atoms with E-state index < -0.39 is 0 Å². The standard InChI is InChI=1S/C8H8N4O/c1-2-10-8-7(9-1)3-11-12(8)6-4-13-5-6/h1-3,6H,4-5H2. The van der Waals surface area contributed by atoms with E-state index in [2.05, 4.69) is 15.1 Å². The van der Waals surface area contributed by atoms with Crippen LogP contribution in [-0.4, -0.2) is 33.0 Å². The van der Waals surface area contributed by atoms with Crippen LogP contribution in [0.4, 0.5) is 0 Å². The van der Waals surface area contributed by atoms with E-state index in [1.165, 1.54) is 0 Å². The summed E-state index contributed by atoms with van der Waals surface area (Å²) in [5, 5.41) is 4.23. The number of rotatable bonds is 1. The van der Waals surface area contributed by atoms with Gasteiger partial charge in [0.15, 0.2) is 5.65 Å². The number of fused-ring (bicyclic) bond motifs is 1. The Balaban J connectivity index is 2.17. The number of ether oxygens (including phenoxy) is 1. The fourth-order valence-electron chi connectivity index (χ4n) is 1.41. The molecule has 0 spiro atoms. The minimum absolute atomic E-state index is 0.342. The van der Waals surface area contributed by atoms with Gasteiger partial charge < -0.3 is 4.74 Å². The Labute approximate surface area is 74.4 Å². The lowest BCUT2D eigenvalue weighted by molar-refractivity contribution is -0.0269. The van der Waals surface area contributed by atoms with E-state index in [0.717, 1.165) is 24.4 Å². The molecule has 5 nitrogen and oxygen atoms in total. The van der Waals surface area contributed by atoms with E-state index in [-0.39, 0.29) is 0 Å². The predicted octanol–water partition coefficient (Wildman–Crippen LogP) is 0.398. The molecule has 1 saturated heterocycles. The Morgan fingerprint density at radius 1 is 1.31 bits per heavy atom. The van der Waals surface area contributed by atoms with Gasteiger partial charge in [0.1, 0.15) is 11.6 Å². The summed E-state index contributed by atoms with van der Waals surface area (Å²) in [6.07, 6.45) is 5.09. The Morgan fingerprint density at radius 2 is 2.15 bits per heavy atom. The topological polar surface area (TPSA) is 52.8 Å². The molecule has 2 aromatic heterocycles. The fraction of sp³-hybridized carbons (Fsp3) is 0.375. The number of hydrogen-bond acceptors (Lipinski definition) is 4. The van der Waals surface area contributed by atoms with E-state index >= 15 is 0 Å².